The molecule has 0 atom stereocenters. The number of nitrogens with one attached hydrogen (secondary N) is 2. The van der Waals surface area contributed by atoms with Crippen molar-refractivity contribution in [2.45, 2.75) is 19.8 Å². The van der Waals surface area contributed by atoms with E-state index in [0.717, 1.165) is 37.6 Å². The van der Waals surface area contributed by atoms with Crippen LogP contribution in [0.3, 0.4) is 0 Å². The molecule has 1 fully saturated rings. The van der Waals surface area contributed by atoms with Crippen molar-refractivity contribution in [3.05, 3.63) is 24.3 Å². The van der Waals surface area contributed by atoms with Crippen LogP contribution in [0, 0.1) is 0 Å². The number of likely N-dealkylation sites (N-methyl/N-ethyl adjacent to an activating group) is 1. The lowest BCUT2D eigenvalue weighted by molar-refractivity contribution is -1.00. The van der Waals surface area contributed by atoms with Crippen LogP contribution in [0.5, 0.6) is 11.5 Å². The van der Waals surface area contributed by atoms with Gasteiger partial charge in [0.2, 0.25) is 0 Å². The number of rotatable bonds is 8. The van der Waals surface area contributed by atoms with Crippen molar-refractivity contribution < 1.29 is 19.3 Å². The first kappa shape index (κ1) is 16.1. The van der Waals surface area contributed by atoms with Crippen molar-refractivity contribution >= 4 is 0 Å². The molecule has 21 heavy (non-hydrogen) atoms. The van der Waals surface area contributed by atoms with E-state index in [0.29, 0.717) is 0 Å². The average molecular weight is 294 g/mol. The molecule has 1 aliphatic heterocycles. The summed E-state index contributed by atoms with van der Waals surface area (Å²) in [5.41, 5.74) is 0. The van der Waals surface area contributed by atoms with E-state index in [2.05, 4.69) is 14.0 Å². The molecule has 118 valence electrons. The zero-order valence-corrected chi connectivity index (χ0v) is 13.5. The average Bonchev–Trinajstić information content (AvgIpc) is 2.52. The third-order valence-electron chi connectivity index (χ3n) is 4.05. The van der Waals surface area contributed by atoms with Gasteiger partial charge in [-0.05, 0) is 18.6 Å². The lowest BCUT2D eigenvalue weighted by Crippen LogP contribution is -3.27. The van der Waals surface area contributed by atoms with Gasteiger partial charge in [0.1, 0.15) is 26.2 Å². The number of piperazine rings is 1. The zero-order chi connectivity index (χ0) is 14.9. The topological polar surface area (TPSA) is 27.3 Å². The molecule has 1 aromatic rings. The third-order valence-corrected chi connectivity index (χ3v) is 4.05. The minimum absolute atomic E-state index is 0.744. The summed E-state index contributed by atoms with van der Waals surface area (Å²) >= 11 is 0. The Hall–Kier alpha value is -1.26. The second-order valence-corrected chi connectivity index (χ2v) is 5.95. The third kappa shape index (κ3) is 5.56. The van der Waals surface area contributed by atoms with Gasteiger partial charge in [0.25, 0.3) is 0 Å². The first-order valence-corrected chi connectivity index (χ1v) is 8.29. The van der Waals surface area contributed by atoms with Crippen molar-refractivity contribution in [3.63, 3.8) is 0 Å². The Balaban J connectivity index is 1.68. The maximum atomic E-state index is 5.90. The number of quaternary nitrogens is 2. The SMILES string of the molecule is CCCOc1ccccc1OCCC[NH+]1CC[NH+](C)CC1. The molecule has 1 aliphatic rings. The predicted molar refractivity (Wildman–Crippen MR) is 84.5 cm³/mol. The molecule has 1 aromatic carbocycles. The standard InChI is InChI=1S/C17H28N2O2/c1-3-14-20-16-7-4-5-8-17(16)21-15-6-9-19-12-10-18(2)11-13-19/h4-5,7-8H,3,6,9-15H2,1-2H3/p+2. The lowest BCUT2D eigenvalue weighted by atomic mass is 10.3. The fraction of sp³-hybridized carbons (Fsp3) is 0.647. The summed E-state index contributed by atoms with van der Waals surface area (Å²) in [7, 11) is 2.28. The number of hydrogen-bond acceptors (Lipinski definition) is 2. The van der Waals surface area contributed by atoms with Crippen LogP contribution in [-0.4, -0.2) is 53.0 Å². The Morgan fingerprint density at radius 3 is 2.19 bits per heavy atom. The van der Waals surface area contributed by atoms with Gasteiger partial charge in [-0.1, -0.05) is 19.1 Å². The molecule has 0 aliphatic carbocycles. The van der Waals surface area contributed by atoms with Gasteiger partial charge < -0.3 is 19.3 Å². The van der Waals surface area contributed by atoms with E-state index in [4.69, 9.17) is 9.47 Å². The maximum absolute atomic E-state index is 5.90. The Morgan fingerprint density at radius 2 is 1.57 bits per heavy atom. The summed E-state index contributed by atoms with van der Waals surface area (Å²) in [4.78, 5) is 3.39. The van der Waals surface area contributed by atoms with Crippen molar-refractivity contribution in [3.8, 4) is 11.5 Å². The zero-order valence-electron chi connectivity index (χ0n) is 13.5. The molecule has 1 heterocycles. The van der Waals surface area contributed by atoms with E-state index < -0.39 is 0 Å². The van der Waals surface area contributed by atoms with Crippen LogP contribution in [-0.2, 0) is 0 Å². The van der Waals surface area contributed by atoms with E-state index >= 15 is 0 Å². The van der Waals surface area contributed by atoms with Gasteiger partial charge in [-0.25, -0.2) is 0 Å². The summed E-state index contributed by atoms with van der Waals surface area (Å²) in [6.07, 6.45) is 2.12. The molecule has 2 rings (SSSR count). The van der Waals surface area contributed by atoms with Crippen molar-refractivity contribution in [1.82, 2.24) is 0 Å². The molecule has 1 saturated heterocycles. The summed E-state index contributed by atoms with van der Waals surface area (Å²) in [5.74, 6) is 1.75. The largest absolute Gasteiger partial charge is 0.490 e. The highest BCUT2D eigenvalue weighted by atomic mass is 16.5. The first-order chi connectivity index (χ1) is 10.3. The number of hydrogen-bond donors (Lipinski definition) is 2. The smallest absolute Gasteiger partial charge is 0.161 e. The van der Waals surface area contributed by atoms with Gasteiger partial charge in [0.15, 0.2) is 11.5 Å². The summed E-state index contributed by atoms with van der Waals surface area (Å²) in [6.45, 7) is 10.0. The number of ether oxygens (including phenoxy) is 2. The molecule has 0 unspecified atom stereocenters. The summed E-state index contributed by atoms with van der Waals surface area (Å²) < 4.78 is 11.6. The van der Waals surface area contributed by atoms with Crippen LogP contribution in [0.1, 0.15) is 19.8 Å². The fourth-order valence-electron chi connectivity index (χ4n) is 2.69. The van der Waals surface area contributed by atoms with E-state index in [1.165, 1.54) is 32.7 Å². The fourth-order valence-corrected chi connectivity index (χ4v) is 2.69. The predicted octanol–water partition coefficient (Wildman–Crippen LogP) is -0.342. The normalized spacial score (nSPS) is 22.0. The molecule has 4 heteroatoms. The molecule has 4 nitrogen and oxygen atoms in total. The summed E-state index contributed by atoms with van der Waals surface area (Å²) in [5, 5.41) is 0. The van der Waals surface area contributed by atoms with Gasteiger partial charge in [-0.2, -0.15) is 0 Å². The Labute approximate surface area is 128 Å². The van der Waals surface area contributed by atoms with Crippen LogP contribution in [0.15, 0.2) is 24.3 Å². The van der Waals surface area contributed by atoms with E-state index in [1.807, 2.05) is 24.3 Å². The van der Waals surface area contributed by atoms with Crippen molar-refractivity contribution in [2.75, 3.05) is 53.0 Å². The molecule has 0 radical (unpaired) electrons. The van der Waals surface area contributed by atoms with Crippen molar-refractivity contribution in [2.24, 2.45) is 0 Å². The van der Waals surface area contributed by atoms with E-state index in [9.17, 15) is 0 Å². The molecule has 0 spiro atoms. The number of para-hydroxylation sites is 2. The van der Waals surface area contributed by atoms with E-state index in [-0.39, 0.29) is 0 Å². The molecule has 0 amide bonds. The quantitative estimate of drug-likeness (QED) is 0.642. The van der Waals surface area contributed by atoms with Gasteiger partial charge >= 0.3 is 0 Å². The molecular formula is C17H30N2O2+2. The van der Waals surface area contributed by atoms with Gasteiger partial charge in [-0.15, -0.1) is 0 Å². The Bertz CT molecular complexity index is 404. The maximum Gasteiger partial charge on any atom is 0.161 e. The molecule has 2 N–H and O–H groups in total. The van der Waals surface area contributed by atoms with Crippen LogP contribution < -0.4 is 19.3 Å². The van der Waals surface area contributed by atoms with Crippen LogP contribution in [0.2, 0.25) is 0 Å². The minimum Gasteiger partial charge on any atom is -0.490 e. The highest BCUT2D eigenvalue weighted by Gasteiger charge is 2.19. The second kappa shape index (κ2) is 8.90. The van der Waals surface area contributed by atoms with Crippen molar-refractivity contribution in [1.29, 1.82) is 0 Å². The molecule has 0 aromatic heterocycles. The molecule has 0 saturated carbocycles. The Morgan fingerprint density at radius 1 is 0.952 bits per heavy atom. The monoisotopic (exact) mass is 294 g/mol. The van der Waals surface area contributed by atoms with Gasteiger partial charge in [-0.3, -0.25) is 0 Å². The van der Waals surface area contributed by atoms with Gasteiger partial charge in [0.05, 0.1) is 26.8 Å². The first-order valence-electron chi connectivity index (χ1n) is 8.29. The minimum atomic E-state index is 0.744. The molecule has 0 bridgehead atoms. The second-order valence-electron chi connectivity index (χ2n) is 5.95. The highest BCUT2D eigenvalue weighted by Crippen LogP contribution is 2.26. The summed E-state index contributed by atoms with van der Waals surface area (Å²) in [6, 6.07) is 7.98. The number of benzene rings is 1. The van der Waals surface area contributed by atoms with Crippen LogP contribution in [0.25, 0.3) is 0 Å². The Kier molecular flexibility index (Phi) is 6.83. The van der Waals surface area contributed by atoms with Gasteiger partial charge in [0, 0.05) is 6.42 Å². The van der Waals surface area contributed by atoms with Crippen LogP contribution >= 0.6 is 0 Å². The van der Waals surface area contributed by atoms with Crippen LogP contribution in [0.4, 0.5) is 0 Å². The highest BCUT2D eigenvalue weighted by molar-refractivity contribution is 5.39. The lowest BCUT2D eigenvalue weighted by Gasteiger charge is -2.27. The van der Waals surface area contributed by atoms with E-state index in [1.54, 1.807) is 9.80 Å². The molecular weight excluding hydrogens is 264 g/mol.